The number of carbonyl (C=O) groups is 6. The van der Waals surface area contributed by atoms with Gasteiger partial charge in [0.2, 0.25) is 0 Å². The molecule has 2 saturated carbocycles. The average molecular weight is 966 g/mol. The maximum atomic E-state index is 13.2. The number of hydrogen-bond acceptors (Lipinski definition) is 15. The van der Waals surface area contributed by atoms with Gasteiger partial charge >= 0.3 is 35.8 Å². The SMILES string of the molecule is C=CC(=O)OCCCCCCOc1ccc(OC(=O)C2CCC(C(=O)OCCc3ccc(OC(=O)C4CCC(C(=O)Oc5ccc(OCCCCCCOC(=O)C=C)cc5)CC4)c(C=N)c3)CC2)cc1. The molecule has 15 nitrogen and oxygen atoms in total. The molecule has 1 N–H and O–H groups in total. The Morgan fingerprint density at radius 2 is 0.843 bits per heavy atom. The van der Waals surface area contributed by atoms with Crippen LogP contribution < -0.4 is 23.7 Å². The lowest BCUT2D eigenvalue weighted by atomic mass is 9.82. The first-order chi connectivity index (χ1) is 34.0. The highest BCUT2D eigenvalue weighted by Crippen LogP contribution is 2.34. The van der Waals surface area contributed by atoms with Crippen LogP contribution in [-0.2, 0) is 49.4 Å². The second-order valence-electron chi connectivity index (χ2n) is 17.5. The Morgan fingerprint density at radius 3 is 1.26 bits per heavy atom. The fourth-order valence-corrected chi connectivity index (χ4v) is 8.23. The van der Waals surface area contributed by atoms with Gasteiger partial charge < -0.3 is 43.3 Å². The number of hydrogen-bond donors (Lipinski definition) is 1. The van der Waals surface area contributed by atoms with E-state index < -0.39 is 23.8 Å². The summed E-state index contributed by atoms with van der Waals surface area (Å²) in [6, 6.07) is 19.0. The van der Waals surface area contributed by atoms with E-state index in [1.165, 1.54) is 0 Å². The van der Waals surface area contributed by atoms with E-state index in [-0.39, 0.29) is 48.0 Å². The third kappa shape index (κ3) is 19.0. The highest BCUT2D eigenvalue weighted by Gasteiger charge is 2.33. The van der Waals surface area contributed by atoms with Crippen LogP contribution in [0.2, 0.25) is 0 Å². The van der Waals surface area contributed by atoms with Crippen molar-refractivity contribution in [2.24, 2.45) is 23.7 Å². The monoisotopic (exact) mass is 965 g/mol. The van der Waals surface area contributed by atoms with Crippen molar-refractivity contribution in [2.75, 3.05) is 33.0 Å². The zero-order valence-corrected chi connectivity index (χ0v) is 40.1. The highest BCUT2D eigenvalue weighted by molar-refractivity contribution is 5.85. The molecule has 0 aromatic heterocycles. The van der Waals surface area contributed by atoms with Gasteiger partial charge in [-0.05, 0) is 169 Å². The molecule has 2 aliphatic carbocycles. The number of unbranched alkanes of at least 4 members (excludes halogenated alkanes) is 6. The largest absolute Gasteiger partial charge is 0.494 e. The molecule has 15 heteroatoms. The molecule has 0 amide bonds. The second kappa shape index (κ2) is 30.0. The summed E-state index contributed by atoms with van der Waals surface area (Å²) in [5.74, 6) is -1.10. The topological polar surface area (TPSA) is 200 Å². The minimum absolute atomic E-state index is 0.138. The minimum Gasteiger partial charge on any atom is -0.494 e. The molecule has 376 valence electrons. The normalized spacial score (nSPS) is 17.4. The lowest BCUT2D eigenvalue weighted by molar-refractivity contribution is -0.152. The Morgan fingerprint density at radius 1 is 0.457 bits per heavy atom. The molecular formula is C55H67NO14. The van der Waals surface area contributed by atoms with Gasteiger partial charge in [0.1, 0.15) is 28.7 Å². The van der Waals surface area contributed by atoms with Crippen LogP contribution in [0.5, 0.6) is 28.7 Å². The highest BCUT2D eigenvalue weighted by atomic mass is 16.6. The zero-order valence-electron chi connectivity index (χ0n) is 40.1. The first kappa shape index (κ1) is 54.2. The predicted molar refractivity (Wildman–Crippen MR) is 260 cm³/mol. The number of rotatable bonds is 29. The summed E-state index contributed by atoms with van der Waals surface area (Å²) >= 11 is 0. The van der Waals surface area contributed by atoms with Crippen LogP contribution in [0.1, 0.15) is 114 Å². The van der Waals surface area contributed by atoms with E-state index in [2.05, 4.69) is 13.2 Å². The molecule has 0 aliphatic heterocycles. The molecule has 3 aromatic carbocycles. The van der Waals surface area contributed by atoms with Crippen molar-refractivity contribution < 1.29 is 66.7 Å². The molecule has 0 unspecified atom stereocenters. The number of esters is 6. The fourth-order valence-electron chi connectivity index (χ4n) is 8.23. The Hall–Kier alpha value is -6.77. The summed E-state index contributed by atoms with van der Waals surface area (Å²) in [5.41, 5.74) is 1.23. The summed E-state index contributed by atoms with van der Waals surface area (Å²) in [4.78, 5) is 74.2. The Balaban J connectivity index is 0.921. The third-order valence-corrected chi connectivity index (χ3v) is 12.4. The van der Waals surface area contributed by atoms with Gasteiger partial charge in [0.25, 0.3) is 0 Å². The summed E-state index contributed by atoms with van der Waals surface area (Å²) in [6.07, 6.45) is 14.8. The molecule has 2 aliphatic rings. The van der Waals surface area contributed by atoms with Gasteiger partial charge in [0, 0.05) is 30.4 Å². The van der Waals surface area contributed by atoms with Gasteiger partial charge in [-0.2, -0.15) is 0 Å². The van der Waals surface area contributed by atoms with Gasteiger partial charge in [0.05, 0.1) is 56.7 Å². The van der Waals surface area contributed by atoms with Crippen LogP contribution in [-0.4, -0.2) is 75.1 Å². The van der Waals surface area contributed by atoms with E-state index in [1.807, 2.05) is 0 Å². The molecule has 5 rings (SSSR count). The molecule has 3 aromatic rings. The van der Waals surface area contributed by atoms with E-state index in [1.54, 1.807) is 66.7 Å². The van der Waals surface area contributed by atoms with E-state index in [0.29, 0.717) is 113 Å². The summed E-state index contributed by atoms with van der Waals surface area (Å²) in [7, 11) is 0. The maximum absolute atomic E-state index is 13.2. The van der Waals surface area contributed by atoms with Gasteiger partial charge in [0.15, 0.2) is 0 Å². The van der Waals surface area contributed by atoms with E-state index in [9.17, 15) is 28.8 Å². The first-order valence-electron chi connectivity index (χ1n) is 24.5. The van der Waals surface area contributed by atoms with E-state index >= 15 is 0 Å². The Labute approximate surface area is 410 Å². The Kier molecular flexibility index (Phi) is 23.2. The van der Waals surface area contributed by atoms with Crippen molar-refractivity contribution in [3.63, 3.8) is 0 Å². The zero-order chi connectivity index (χ0) is 49.9. The van der Waals surface area contributed by atoms with E-state index in [4.69, 9.17) is 43.3 Å². The number of benzene rings is 3. The van der Waals surface area contributed by atoms with Crippen molar-refractivity contribution in [1.82, 2.24) is 0 Å². The Bertz CT molecular complexity index is 2190. The van der Waals surface area contributed by atoms with Gasteiger partial charge in [-0.3, -0.25) is 19.2 Å². The number of carbonyl (C=O) groups excluding carboxylic acids is 6. The summed E-state index contributed by atoms with van der Waals surface area (Å²) in [6.45, 7) is 8.73. The molecule has 0 atom stereocenters. The molecule has 2 fully saturated rings. The van der Waals surface area contributed by atoms with Gasteiger partial charge in [-0.25, -0.2) is 9.59 Å². The van der Waals surface area contributed by atoms with Crippen molar-refractivity contribution >= 4 is 42.0 Å². The first-order valence-corrected chi connectivity index (χ1v) is 24.5. The predicted octanol–water partition coefficient (Wildman–Crippen LogP) is 9.84. The second-order valence-corrected chi connectivity index (χ2v) is 17.5. The third-order valence-electron chi connectivity index (χ3n) is 12.4. The average Bonchev–Trinajstić information content (AvgIpc) is 3.38. The summed E-state index contributed by atoms with van der Waals surface area (Å²) in [5, 5.41) is 7.96. The van der Waals surface area contributed by atoms with Crippen LogP contribution in [0, 0.1) is 29.1 Å². The smallest absolute Gasteiger partial charge is 0.330 e. The van der Waals surface area contributed by atoms with Crippen LogP contribution in [0.3, 0.4) is 0 Å². The van der Waals surface area contributed by atoms with Crippen molar-refractivity contribution in [3.8, 4) is 28.7 Å². The van der Waals surface area contributed by atoms with Gasteiger partial charge in [-0.15, -0.1) is 0 Å². The van der Waals surface area contributed by atoms with E-state index in [0.717, 1.165) is 75.3 Å². The fraction of sp³-hybridized carbons (Fsp3) is 0.473. The quantitative estimate of drug-likeness (QED) is 0.0172. The van der Waals surface area contributed by atoms with Crippen LogP contribution >= 0.6 is 0 Å². The van der Waals surface area contributed by atoms with Crippen molar-refractivity contribution in [1.29, 1.82) is 5.41 Å². The standard InChI is InChI=1S/C55H67NO14/c1-3-50(57)65-34-11-7-5-9-32-63-45-22-26-47(27-23-45)68-53(60)41-16-14-40(15-17-41)52(59)67-36-31-39-13-30-49(44(37-39)38-56)70-55(62)43-20-18-42(19-21-43)54(61)69-48-28-24-46(25-29-48)64-33-10-6-8-12-35-66-51(58)4-2/h3-4,13,22-30,37-38,40-43,56H,1-2,5-12,14-21,31-36H2. The minimum atomic E-state index is -0.410. The van der Waals surface area contributed by atoms with Crippen molar-refractivity contribution in [3.05, 3.63) is 103 Å². The van der Waals surface area contributed by atoms with Crippen LogP contribution in [0.25, 0.3) is 0 Å². The maximum Gasteiger partial charge on any atom is 0.330 e. The lowest BCUT2D eigenvalue weighted by Gasteiger charge is -2.26. The number of ether oxygens (including phenoxy) is 8. The molecule has 0 bridgehead atoms. The van der Waals surface area contributed by atoms with Crippen LogP contribution in [0.15, 0.2) is 92.0 Å². The van der Waals surface area contributed by atoms with Gasteiger partial charge in [-0.1, -0.05) is 19.2 Å². The molecular weight excluding hydrogens is 899 g/mol. The van der Waals surface area contributed by atoms with Crippen molar-refractivity contribution in [2.45, 2.75) is 109 Å². The molecule has 0 radical (unpaired) electrons. The van der Waals surface area contributed by atoms with Crippen LogP contribution in [0.4, 0.5) is 0 Å². The summed E-state index contributed by atoms with van der Waals surface area (Å²) < 4.78 is 44.2. The molecule has 0 spiro atoms. The lowest BCUT2D eigenvalue weighted by Crippen LogP contribution is -2.30. The number of nitrogens with one attached hydrogen (secondary N) is 1. The molecule has 70 heavy (non-hydrogen) atoms. The molecule has 0 heterocycles. The molecule has 0 saturated heterocycles.